The number of aromatic nitrogens is 2. The summed E-state index contributed by atoms with van der Waals surface area (Å²) in [6.45, 7) is 1.95. The molecule has 3 aromatic rings. The zero-order valence-corrected chi connectivity index (χ0v) is 15.4. The molecule has 0 unspecified atom stereocenters. The van der Waals surface area contributed by atoms with Crippen molar-refractivity contribution in [1.82, 2.24) is 9.97 Å². The molecule has 0 atom stereocenters. The van der Waals surface area contributed by atoms with Crippen LogP contribution in [0.4, 0.5) is 11.5 Å². The first-order valence-electron chi connectivity index (χ1n) is 7.95. The molecule has 0 fully saturated rings. The third-order valence-electron chi connectivity index (χ3n) is 4.29. The van der Waals surface area contributed by atoms with Gasteiger partial charge in [-0.2, -0.15) is 0 Å². The van der Waals surface area contributed by atoms with Crippen LogP contribution in [0.1, 0.15) is 29.1 Å². The van der Waals surface area contributed by atoms with Crippen LogP contribution in [0.5, 0.6) is 5.75 Å². The van der Waals surface area contributed by atoms with Crippen LogP contribution in [0.2, 0.25) is 0 Å². The van der Waals surface area contributed by atoms with Gasteiger partial charge in [-0.25, -0.2) is 9.97 Å². The maximum atomic E-state index is 5.45. The maximum absolute atomic E-state index is 5.45. The summed E-state index contributed by atoms with van der Waals surface area (Å²) in [5.74, 6) is 2.52. The number of methoxy groups -OCH3 is 1. The molecule has 0 spiro atoms. The zero-order valence-electron chi connectivity index (χ0n) is 13.8. The molecule has 1 aromatic carbocycles. The van der Waals surface area contributed by atoms with Crippen LogP contribution in [0.15, 0.2) is 24.3 Å². The summed E-state index contributed by atoms with van der Waals surface area (Å²) in [6, 6.07) is 7.94. The lowest BCUT2D eigenvalue weighted by molar-refractivity contribution is 0.417. The van der Waals surface area contributed by atoms with Crippen molar-refractivity contribution in [3.8, 4) is 5.75 Å². The fourth-order valence-electron chi connectivity index (χ4n) is 3.23. The molecule has 0 aliphatic heterocycles. The molecular formula is C18H20ClN3OS. The van der Waals surface area contributed by atoms with Crippen molar-refractivity contribution in [1.29, 1.82) is 0 Å². The summed E-state index contributed by atoms with van der Waals surface area (Å²) < 4.78 is 5.45. The minimum absolute atomic E-state index is 0. The Morgan fingerprint density at radius 3 is 2.75 bits per heavy atom. The largest absolute Gasteiger partial charge is 0.495 e. The number of fused-ring (bicyclic) bond motifs is 3. The van der Waals surface area contributed by atoms with Gasteiger partial charge in [0.2, 0.25) is 0 Å². The summed E-state index contributed by atoms with van der Waals surface area (Å²) in [4.78, 5) is 11.9. The second-order valence-electron chi connectivity index (χ2n) is 5.84. The zero-order chi connectivity index (χ0) is 15.8. The summed E-state index contributed by atoms with van der Waals surface area (Å²) in [7, 11) is 1.69. The monoisotopic (exact) mass is 361 g/mol. The number of halogens is 1. The van der Waals surface area contributed by atoms with Crippen molar-refractivity contribution in [2.75, 3.05) is 12.4 Å². The number of ether oxygens (including phenoxy) is 1. The van der Waals surface area contributed by atoms with Crippen molar-refractivity contribution >= 4 is 45.5 Å². The number of para-hydroxylation sites is 2. The second kappa shape index (κ2) is 6.95. The molecule has 1 N–H and O–H groups in total. The molecular weight excluding hydrogens is 342 g/mol. The first kappa shape index (κ1) is 17.0. The minimum atomic E-state index is 0. The van der Waals surface area contributed by atoms with Crippen molar-refractivity contribution in [2.24, 2.45) is 0 Å². The van der Waals surface area contributed by atoms with E-state index in [0.717, 1.165) is 34.3 Å². The van der Waals surface area contributed by atoms with Gasteiger partial charge in [-0.1, -0.05) is 12.1 Å². The highest BCUT2D eigenvalue weighted by Crippen LogP contribution is 2.40. The van der Waals surface area contributed by atoms with Crippen LogP contribution >= 0.6 is 23.7 Å². The van der Waals surface area contributed by atoms with Crippen LogP contribution < -0.4 is 10.1 Å². The van der Waals surface area contributed by atoms with Gasteiger partial charge in [-0.15, -0.1) is 23.7 Å². The number of anilines is 2. The average molecular weight is 362 g/mol. The number of thiophene rings is 1. The van der Waals surface area contributed by atoms with Gasteiger partial charge in [-0.05, 0) is 50.3 Å². The first-order chi connectivity index (χ1) is 11.3. The Bertz CT molecular complexity index is 878. The fraction of sp³-hybridized carbons (Fsp3) is 0.333. The number of rotatable bonds is 3. The highest BCUT2D eigenvalue weighted by atomic mass is 35.5. The lowest BCUT2D eigenvalue weighted by Gasteiger charge is -2.14. The molecule has 24 heavy (non-hydrogen) atoms. The number of hydrogen-bond acceptors (Lipinski definition) is 5. The minimum Gasteiger partial charge on any atom is -0.495 e. The van der Waals surface area contributed by atoms with E-state index in [1.165, 1.54) is 35.1 Å². The predicted molar refractivity (Wildman–Crippen MR) is 102 cm³/mol. The summed E-state index contributed by atoms with van der Waals surface area (Å²) in [5.41, 5.74) is 2.37. The van der Waals surface area contributed by atoms with E-state index in [1.54, 1.807) is 7.11 Å². The van der Waals surface area contributed by atoms with Gasteiger partial charge in [-0.3, -0.25) is 0 Å². The lowest BCUT2D eigenvalue weighted by atomic mass is 9.97. The quantitative estimate of drug-likeness (QED) is 0.708. The second-order valence-corrected chi connectivity index (χ2v) is 6.92. The topological polar surface area (TPSA) is 47.0 Å². The van der Waals surface area contributed by atoms with Crippen LogP contribution in [0, 0.1) is 6.92 Å². The highest BCUT2D eigenvalue weighted by molar-refractivity contribution is 7.19. The Kier molecular flexibility index (Phi) is 4.92. The fourth-order valence-corrected chi connectivity index (χ4v) is 4.54. The Morgan fingerprint density at radius 2 is 1.92 bits per heavy atom. The van der Waals surface area contributed by atoms with Crippen LogP contribution in [0.25, 0.3) is 10.2 Å². The van der Waals surface area contributed by atoms with E-state index in [1.807, 2.05) is 42.5 Å². The lowest BCUT2D eigenvalue weighted by Crippen LogP contribution is -2.03. The summed E-state index contributed by atoms with van der Waals surface area (Å²) in [5, 5.41) is 4.67. The van der Waals surface area contributed by atoms with E-state index in [9.17, 15) is 0 Å². The Balaban J connectivity index is 0.00000169. The molecule has 2 heterocycles. The van der Waals surface area contributed by atoms with E-state index in [2.05, 4.69) is 15.3 Å². The van der Waals surface area contributed by atoms with E-state index in [-0.39, 0.29) is 12.4 Å². The Morgan fingerprint density at radius 1 is 1.12 bits per heavy atom. The predicted octanol–water partition coefficient (Wildman–Crippen LogP) is 5.05. The highest BCUT2D eigenvalue weighted by Gasteiger charge is 2.21. The normalized spacial score (nSPS) is 13.2. The van der Waals surface area contributed by atoms with E-state index >= 15 is 0 Å². The average Bonchev–Trinajstić information content (AvgIpc) is 2.93. The molecule has 0 amide bonds. The van der Waals surface area contributed by atoms with Crippen molar-refractivity contribution in [3.05, 3.63) is 40.5 Å². The molecule has 4 rings (SSSR count). The number of nitrogens with one attached hydrogen (secondary N) is 1. The molecule has 0 radical (unpaired) electrons. The third kappa shape index (κ3) is 2.94. The number of aryl methyl sites for hydroxylation is 3. The number of hydrogen-bond donors (Lipinski definition) is 1. The SMILES string of the molecule is COc1ccccc1Nc1nc(C)nc2sc3c(c12)CCCC3.Cl. The van der Waals surface area contributed by atoms with Crippen LogP contribution in [-0.2, 0) is 12.8 Å². The van der Waals surface area contributed by atoms with Gasteiger partial charge in [0.25, 0.3) is 0 Å². The first-order valence-corrected chi connectivity index (χ1v) is 8.77. The van der Waals surface area contributed by atoms with Crippen LogP contribution in [0.3, 0.4) is 0 Å². The van der Waals surface area contributed by atoms with Crippen molar-refractivity contribution in [3.63, 3.8) is 0 Å². The molecule has 126 valence electrons. The van der Waals surface area contributed by atoms with Gasteiger partial charge < -0.3 is 10.1 Å². The maximum Gasteiger partial charge on any atom is 0.143 e. The smallest absolute Gasteiger partial charge is 0.143 e. The van der Waals surface area contributed by atoms with Gasteiger partial charge in [0.05, 0.1) is 18.2 Å². The van der Waals surface area contributed by atoms with E-state index < -0.39 is 0 Å². The summed E-state index contributed by atoms with van der Waals surface area (Å²) in [6.07, 6.45) is 4.83. The Hall–Kier alpha value is -1.85. The molecule has 4 nitrogen and oxygen atoms in total. The molecule has 1 aliphatic rings. The Labute approximate surface area is 151 Å². The molecule has 0 saturated heterocycles. The standard InChI is InChI=1S/C18H19N3OS.ClH/c1-11-19-17(21-13-8-4-5-9-14(13)22-2)16-12-7-3-6-10-15(12)23-18(16)20-11;/h4-5,8-9H,3,6-7,10H2,1-2H3,(H,19,20,21);1H. The molecule has 1 aliphatic carbocycles. The summed E-state index contributed by atoms with van der Waals surface area (Å²) >= 11 is 1.83. The van der Waals surface area contributed by atoms with Crippen LogP contribution in [-0.4, -0.2) is 17.1 Å². The molecule has 0 bridgehead atoms. The van der Waals surface area contributed by atoms with Crippen molar-refractivity contribution in [2.45, 2.75) is 32.6 Å². The number of nitrogens with zero attached hydrogens (tertiary/aromatic N) is 2. The van der Waals surface area contributed by atoms with E-state index in [4.69, 9.17) is 4.74 Å². The molecule has 0 saturated carbocycles. The van der Waals surface area contributed by atoms with Gasteiger partial charge in [0.1, 0.15) is 22.2 Å². The molecule has 6 heteroatoms. The molecule has 2 aromatic heterocycles. The van der Waals surface area contributed by atoms with Gasteiger partial charge in [0, 0.05) is 4.88 Å². The van der Waals surface area contributed by atoms with E-state index in [0.29, 0.717) is 0 Å². The number of benzene rings is 1. The van der Waals surface area contributed by atoms with Gasteiger partial charge in [0.15, 0.2) is 0 Å². The third-order valence-corrected chi connectivity index (χ3v) is 5.47. The van der Waals surface area contributed by atoms with Crippen molar-refractivity contribution < 1.29 is 4.74 Å². The van der Waals surface area contributed by atoms with Gasteiger partial charge >= 0.3 is 0 Å².